The molecule has 27 heavy (non-hydrogen) atoms. The van der Waals surface area contributed by atoms with Crippen LogP contribution in [0.3, 0.4) is 0 Å². The predicted molar refractivity (Wildman–Crippen MR) is 103 cm³/mol. The number of carbonyl (C=O) groups excluding carboxylic acids is 1. The molecule has 1 aromatic rings. The van der Waals surface area contributed by atoms with E-state index in [1.165, 1.54) is 17.7 Å². The summed E-state index contributed by atoms with van der Waals surface area (Å²) in [6.07, 6.45) is 5.30. The normalized spacial score (nSPS) is 10.6. The molecule has 0 fully saturated rings. The van der Waals surface area contributed by atoms with Crippen LogP contribution in [0.5, 0.6) is 0 Å². The molecule has 0 saturated carbocycles. The fourth-order valence-corrected chi connectivity index (χ4v) is 2.60. The number of hydrogen-bond donors (Lipinski definition) is 3. The van der Waals surface area contributed by atoms with Crippen LogP contribution >= 0.6 is 0 Å². The molecule has 0 aliphatic carbocycles. The standard InChI is InChI=1S/C18H30N4O5/c1-21-14(13-16(24)22(2)18(21)27)19-11-7-3-5-9-15(23)20-12-8-4-6-10-17(25)26/h13,19H,3-12H2,1-2H3,(H,20,23)(H,25,26). The SMILES string of the molecule is Cn1c(NCCCCCC(=O)NCCCCCC(=O)O)cc(=O)n(C)c1=O. The van der Waals surface area contributed by atoms with E-state index in [4.69, 9.17) is 5.11 Å². The van der Waals surface area contributed by atoms with Crippen LogP contribution in [-0.4, -0.2) is 39.2 Å². The van der Waals surface area contributed by atoms with Crippen LogP contribution in [0.25, 0.3) is 0 Å². The van der Waals surface area contributed by atoms with E-state index in [0.717, 1.165) is 36.7 Å². The summed E-state index contributed by atoms with van der Waals surface area (Å²) in [7, 11) is 3.05. The molecule has 0 aliphatic heterocycles. The molecule has 0 aliphatic rings. The summed E-state index contributed by atoms with van der Waals surface area (Å²) >= 11 is 0. The fourth-order valence-electron chi connectivity index (χ4n) is 2.60. The van der Waals surface area contributed by atoms with Gasteiger partial charge in [-0.05, 0) is 25.7 Å². The molecule has 0 saturated heterocycles. The zero-order valence-corrected chi connectivity index (χ0v) is 16.1. The second-order valence-electron chi connectivity index (χ2n) is 6.56. The third-order valence-electron chi connectivity index (χ3n) is 4.30. The van der Waals surface area contributed by atoms with Crippen molar-refractivity contribution in [3.8, 4) is 0 Å². The number of nitrogens with one attached hydrogen (secondary N) is 2. The fraction of sp³-hybridized carbons (Fsp3) is 0.667. The van der Waals surface area contributed by atoms with Gasteiger partial charge in [0.05, 0.1) is 0 Å². The first kappa shape index (κ1) is 22.5. The average Bonchev–Trinajstić information content (AvgIpc) is 2.62. The van der Waals surface area contributed by atoms with Gasteiger partial charge in [-0.15, -0.1) is 0 Å². The van der Waals surface area contributed by atoms with Gasteiger partial charge in [0.25, 0.3) is 5.56 Å². The Morgan fingerprint density at radius 3 is 2.22 bits per heavy atom. The Bertz CT molecular complexity index is 738. The molecule has 9 nitrogen and oxygen atoms in total. The lowest BCUT2D eigenvalue weighted by Crippen LogP contribution is -2.37. The molecular weight excluding hydrogens is 352 g/mol. The average molecular weight is 382 g/mol. The molecule has 9 heteroatoms. The summed E-state index contributed by atoms with van der Waals surface area (Å²) < 4.78 is 2.45. The number of aliphatic carboxylic acids is 1. The second kappa shape index (κ2) is 11.9. The minimum Gasteiger partial charge on any atom is -0.481 e. The maximum atomic E-state index is 11.8. The van der Waals surface area contributed by atoms with Crippen LogP contribution in [0, 0.1) is 0 Å². The Kier molecular flexibility index (Phi) is 9.92. The highest BCUT2D eigenvalue weighted by atomic mass is 16.4. The smallest absolute Gasteiger partial charge is 0.332 e. The molecule has 0 bridgehead atoms. The zero-order chi connectivity index (χ0) is 20.2. The summed E-state index contributed by atoms with van der Waals surface area (Å²) in [5.41, 5.74) is -0.718. The number of nitrogens with zero attached hydrogens (tertiary/aromatic N) is 2. The number of unbranched alkanes of at least 4 members (excludes halogenated alkanes) is 4. The van der Waals surface area contributed by atoms with Crippen molar-refractivity contribution in [1.29, 1.82) is 0 Å². The van der Waals surface area contributed by atoms with Gasteiger partial charge in [0.2, 0.25) is 5.91 Å². The first-order chi connectivity index (χ1) is 12.8. The number of carboxylic acids is 1. The van der Waals surface area contributed by atoms with Gasteiger partial charge in [0, 0.05) is 46.1 Å². The molecule has 0 spiro atoms. The lowest BCUT2D eigenvalue weighted by molar-refractivity contribution is -0.137. The van der Waals surface area contributed by atoms with E-state index in [1.807, 2.05) is 0 Å². The Morgan fingerprint density at radius 2 is 1.56 bits per heavy atom. The van der Waals surface area contributed by atoms with Crippen molar-refractivity contribution in [1.82, 2.24) is 14.5 Å². The van der Waals surface area contributed by atoms with Crippen molar-refractivity contribution >= 4 is 17.7 Å². The summed E-state index contributed by atoms with van der Waals surface area (Å²) in [6.45, 7) is 1.20. The third kappa shape index (κ3) is 8.57. The zero-order valence-electron chi connectivity index (χ0n) is 16.1. The number of amides is 1. The van der Waals surface area contributed by atoms with Crippen LogP contribution in [0.15, 0.2) is 15.7 Å². The number of anilines is 1. The minimum atomic E-state index is -0.787. The van der Waals surface area contributed by atoms with E-state index < -0.39 is 5.97 Å². The molecule has 1 aromatic heterocycles. The molecular formula is C18H30N4O5. The monoisotopic (exact) mass is 382 g/mol. The Labute approximate surface area is 158 Å². The van der Waals surface area contributed by atoms with Gasteiger partial charge >= 0.3 is 11.7 Å². The van der Waals surface area contributed by atoms with Crippen molar-refractivity contribution in [2.45, 2.75) is 51.4 Å². The maximum Gasteiger partial charge on any atom is 0.332 e. The second-order valence-corrected chi connectivity index (χ2v) is 6.56. The minimum absolute atomic E-state index is 0.00939. The van der Waals surface area contributed by atoms with Gasteiger partial charge in [-0.2, -0.15) is 0 Å². The number of carboxylic acid groups (broad SMARTS) is 1. The van der Waals surface area contributed by atoms with E-state index in [-0.39, 0.29) is 23.6 Å². The first-order valence-electron chi connectivity index (χ1n) is 9.32. The van der Waals surface area contributed by atoms with Gasteiger partial charge in [-0.3, -0.25) is 23.5 Å². The van der Waals surface area contributed by atoms with E-state index in [2.05, 4.69) is 10.6 Å². The van der Waals surface area contributed by atoms with Gasteiger partial charge in [-0.1, -0.05) is 12.8 Å². The Hall–Kier alpha value is -2.58. The van der Waals surface area contributed by atoms with Crippen molar-refractivity contribution in [3.63, 3.8) is 0 Å². The predicted octanol–water partition coefficient (Wildman–Crippen LogP) is 0.818. The van der Waals surface area contributed by atoms with Crippen molar-refractivity contribution < 1.29 is 14.7 Å². The molecule has 0 aromatic carbocycles. The maximum absolute atomic E-state index is 11.8. The number of hydrogen-bond acceptors (Lipinski definition) is 5. The third-order valence-corrected chi connectivity index (χ3v) is 4.30. The molecule has 3 N–H and O–H groups in total. The lowest BCUT2D eigenvalue weighted by Gasteiger charge is -2.11. The summed E-state index contributed by atoms with van der Waals surface area (Å²) in [5.74, 6) is -0.288. The molecule has 0 unspecified atom stereocenters. The van der Waals surface area contributed by atoms with Crippen molar-refractivity contribution in [2.75, 3.05) is 18.4 Å². The molecule has 1 rings (SSSR count). The molecule has 1 amide bonds. The van der Waals surface area contributed by atoms with E-state index in [9.17, 15) is 19.2 Å². The molecule has 0 radical (unpaired) electrons. The lowest BCUT2D eigenvalue weighted by atomic mass is 10.1. The van der Waals surface area contributed by atoms with Crippen LogP contribution < -0.4 is 21.9 Å². The van der Waals surface area contributed by atoms with Gasteiger partial charge in [-0.25, -0.2) is 4.79 Å². The number of aromatic nitrogens is 2. The van der Waals surface area contributed by atoms with Crippen molar-refractivity contribution in [3.05, 3.63) is 26.9 Å². The quantitative estimate of drug-likeness (QED) is 0.434. The highest BCUT2D eigenvalue weighted by molar-refractivity contribution is 5.75. The van der Waals surface area contributed by atoms with E-state index in [0.29, 0.717) is 31.7 Å². The topological polar surface area (TPSA) is 122 Å². The Morgan fingerprint density at radius 1 is 0.926 bits per heavy atom. The number of rotatable bonds is 13. The highest BCUT2D eigenvalue weighted by Gasteiger charge is 2.05. The van der Waals surface area contributed by atoms with Crippen LogP contribution in [-0.2, 0) is 23.7 Å². The summed E-state index contributed by atoms with van der Waals surface area (Å²) in [5, 5.41) is 14.4. The van der Waals surface area contributed by atoms with Gasteiger partial charge in [0.1, 0.15) is 5.82 Å². The van der Waals surface area contributed by atoms with Gasteiger partial charge in [0.15, 0.2) is 0 Å². The highest BCUT2D eigenvalue weighted by Crippen LogP contribution is 2.03. The van der Waals surface area contributed by atoms with E-state index in [1.54, 1.807) is 7.05 Å². The number of carbonyl (C=O) groups is 2. The van der Waals surface area contributed by atoms with Crippen LogP contribution in [0.4, 0.5) is 5.82 Å². The van der Waals surface area contributed by atoms with Crippen LogP contribution in [0.1, 0.15) is 51.4 Å². The van der Waals surface area contributed by atoms with E-state index >= 15 is 0 Å². The van der Waals surface area contributed by atoms with Crippen LogP contribution in [0.2, 0.25) is 0 Å². The molecule has 152 valence electrons. The summed E-state index contributed by atoms with van der Waals surface area (Å²) in [4.78, 5) is 45.5. The first-order valence-corrected chi connectivity index (χ1v) is 9.32. The molecule has 1 heterocycles. The summed E-state index contributed by atoms with van der Waals surface area (Å²) in [6, 6.07) is 1.39. The Balaban J connectivity index is 2.10. The van der Waals surface area contributed by atoms with Gasteiger partial charge < -0.3 is 15.7 Å². The largest absolute Gasteiger partial charge is 0.481 e. The molecule has 0 atom stereocenters. The van der Waals surface area contributed by atoms with Crippen molar-refractivity contribution in [2.24, 2.45) is 14.1 Å².